The van der Waals surface area contributed by atoms with E-state index in [0.29, 0.717) is 24.5 Å². The molecule has 1 aromatic rings. The molecular formula is C17H20N2O3. The molecule has 1 aliphatic carbocycles. The molecule has 1 aromatic carbocycles. The zero-order chi connectivity index (χ0) is 15.5. The van der Waals surface area contributed by atoms with E-state index in [4.69, 9.17) is 14.7 Å². The van der Waals surface area contributed by atoms with Crippen LogP contribution in [0.25, 0.3) is 0 Å². The quantitative estimate of drug-likeness (QED) is 0.857. The van der Waals surface area contributed by atoms with E-state index < -0.39 is 6.10 Å². The Balaban J connectivity index is 1.64. The number of ether oxygens (including phenoxy) is 2. The lowest BCUT2D eigenvalue weighted by atomic mass is 10.1. The van der Waals surface area contributed by atoms with Gasteiger partial charge in [0.2, 0.25) is 0 Å². The van der Waals surface area contributed by atoms with Crippen molar-refractivity contribution in [3.05, 3.63) is 29.8 Å². The molecule has 3 rings (SSSR count). The van der Waals surface area contributed by atoms with Crippen LogP contribution < -0.4 is 4.74 Å². The molecule has 1 saturated carbocycles. The monoisotopic (exact) mass is 300 g/mol. The van der Waals surface area contributed by atoms with E-state index in [-0.39, 0.29) is 18.1 Å². The Bertz CT molecular complexity index is 579. The summed E-state index contributed by atoms with van der Waals surface area (Å²) in [5.74, 6) is 0.626. The summed E-state index contributed by atoms with van der Waals surface area (Å²) in [6.07, 6.45) is 2.83. The van der Waals surface area contributed by atoms with Gasteiger partial charge in [0.25, 0.3) is 5.91 Å². The van der Waals surface area contributed by atoms with Crippen LogP contribution in [-0.2, 0) is 9.53 Å². The molecule has 1 aliphatic heterocycles. The highest BCUT2D eigenvalue weighted by Crippen LogP contribution is 2.30. The molecule has 0 radical (unpaired) electrons. The molecule has 0 unspecified atom stereocenters. The third-order valence-electron chi connectivity index (χ3n) is 4.41. The summed E-state index contributed by atoms with van der Waals surface area (Å²) in [5.41, 5.74) is 0.577. The highest BCUT2D eigenvalue weighted by atomic mass is 16.5. The number of hydrogen-bond acceptors (Lipinski definition) is 4. The fourth-order valence-electron chi connectivity index (χ4n) is 3.30. The van der Waals surface area contributed by atoms with Gasteiger partial charge in [0.1, 0.15) is 5.75 Å². The summed E-state index contributed by atoms with van der Waals surface area (Å²) in [4.78, 5) is 14.6. The van der Waals surface area contributed by atoms with E-state index >= 15 is 0 Å². The number of fused-ring (bicyclic) bond motifs is 1. The van der Waals surface area contributed by atoms with Crippen LogP contribution in [0.2, 0.25) is 0 Å². The molecule has 0 aromatic heterocycles. The molecule has 1 amide bonds. The Morgan fingerprint density at radius 2 is 2.18 bits per heavy atom. The van der Waals surface area contributed by atoms with E-state index in [1.807, 2.05) is 4.90 Å². The van der Waals surface area contributed by atoms with Gasteiger partial charge in [-0.05, 0) is 50.5 Å². The molecule has 2 fully saturated rings. The Morgan fingerprint density at radius 3 is 2.91 bits per heavy atom. The lowest BCUT2D eigenvalue weighted by Gasteiger charge is -2.38. The van der Waals surface area contributed by atoms with Crippen LogP contribution in [0.5, 0.6) is 5.75 Å². The summed E-state index contributed by atoms with van der Waals surface area (Å²) in [7, 11) is 0. The van der Waals surface area contributed by atoms with Gasteiger partial charge < -0.3 is 14.4 Å². The van der Waals surface area contributed by atoms with Crippen LogP contribution in [0.4, 0.5) is 0 Å². The van der Waals surface area contributed by atoms with Crippen LogP contribution >= 0.6 is 0 Å². The fraction of sp³-hybridized carbons (Fsp3) is 0.529. The summed E-state index contributed by atoms with van der Waals surface area (Å²) in [6, 6.07) is 9.09. The SMILES string of the molecule is C[C@H](Oc1ccc(C#N)cc1)C(=O)N1CCO[C@@H]2CCC[C@@H]21. The number of carbonyl (C=O) groups is 1. The van der Waals surface area contributed by atoms with Gasteiger partial charge in [0.15, 0.2) is 6.10 Å². The number of morpholine rings is 1. The van der Waals surface area contributed by atoms with Crippen molar-refractivity contribution < 1.29 is 14.3 Å². The average Bonchev–Trinajstić information content (AvgIpc) is 3.03. The molecule has 5 heteroatoms. The average molecular weight is 300 g/mol. The first-order chi connectivity index (χ1) is 10.7. The number of nitrogens with zero attached hydrogens (tertiary/aromatic N) is 2. The third-order valence-corrected chi connectivity index (χ3v) is 4.41. The van der Waals surface area contributed by atoms with Gasteiger partial charge in [0.05, 0.1) is 30.4 Å². The van der Waals surface area contributed by atoms with Crippen molar-refractivity contribution in [2.24, 2.45) is 0 Å². The molecule has 0 spiro atoms. The number of benzene rings is 1. The summed E-state index contributed by atoms with van der Waals surface area (Å²) >= 11 is 0. The van der Waals surface area contributed by atoms with E-state index in [2.05, 4.69) is 6.07 Å². The fourth-order valence-corrected chi connectivity index (χ4v) is 3.30. The molecule has 22 heavy (non-hydrogen) atoms. The second-order valence-corrected chi connectivity index (χ2v) is 5.84. The maximum Gasteiger partial charge on any atom is 0.263 e. The van der Waals surface area contributed by atoms with Gasteiger partial charge >= 0.3 is 0 Å². The summed E-state index contributed by atoms with van der Waals surface area (Å²) in [5, 5.41) is 8.79. The van der Waals surface area contributed by atoms with E-state index in [1.165, 1.54) is 0 Å². The standard InChI is InChI=1S/C17H20N2O3/c1-12(22-14-7-5-13(11-18)6-8-14)17(20)19-9-10-21-16-4-2-3-15(16)19/h5-8,12,15-16H,2-4,9-10H2,1H3/t12-,15-,16+/m0/s1. The van der Waals surface area contributed by atoms with Gasteiger partial charge in [-0.1, -0.05) is 0 Å². The lowest BCUT2D eigenvalue weighted by Crippen LogP contribution is -2.54. The van der Waals surface area contributed by atoms with Gasteiger partial charge in [-0.25, -0.2) is 0 Å². The Morgan fingerprint density at radius 1 is 1.41 bits per heavy atom. The molecule has 2 aliphatic rings. The van der Waals surface area contributed by atoms with Crippen molar-refractivity contribution >= 4 is 5.91 Å². The van der Waals surface area contributed by atoms with E-state index in [1.54, 1.807) is 31.2 Å². The molecule has 1 heterocycles. The normalized spacial score (nSPS) is 25.2. The highest BCUT2D eigenvalue weighted by molar-refractivity contribution is 5.81. The maximum atomic E-state index is 12.7. The van der Waals surface area contributed by atoms with Crippen molar-refractivity contribution in [3.63, 3.8) is 0 Å². The van der Waals surface area contributed by atoms with E-state index in [9.17, 15) is 4.79 Å². The lowest BCUT2D eigenvalue weighted by molar-refractivity contribution is -0.150. The predicted octanol–water partition coefficient (Wildman–Crippen LogP) is 2.11. The molecule has 1 saturated heterocycles. The number of carbonyl (C=O) groups excluding carboxylic acids is 1. The minimum absolute atomic E-state index is 0.0181. The van der Waals surface area contributed by atoms with Crippen LogP contribution in [0.15, 0.2) is 24.3 Å². The number of nitriles is 1. The second kappa shape index (κ2) is 6.37. The van der Waals surface area contributed by atoms with Crippen molar-refractivity contribution in [1.82, 2.24) is 4.90 Å². The van der Waals surface area contributed by atoms with Gasteiger partial charge in [0, 0.05) is 6.54 Å². The minimum Gasteiger partial charge on any atom is -0.481 e. The Hall–Kier alpha value is -2.06. The van der Waals surface area contributed by atoms with Crippen LogP contribution in [0, 0.1) is 11.3 Å². The number of rotatable bonds is 3. The maximum absolute atomic E-state index is 12.7. The zero-order valence-electron chi connectivity index (χ0n) is 12.7. The first-order valence-electron chi connectivity index (χ1n) is 7.78. The molecule has 5 nitrogen and oxygen atoms in total. The highest BCUT2D eigenvalue weighted by Gasteiger charge is 2.39. The van der Waals surface area contributed by atoms with Gasteiger partial charge in [-0.15, -0.1) is 0 Å². The topological polar surface area (TPSA) is 62.6 Å². The van der Waals surface area contributed by atoms with Crippen LogP contribution in [0.3, 0.4) is 0 Å². The molecule has 0 N–H and O–H groups in total. The first-order valence-corrected chi connectivity index (χ1v) is 7.78. The largest absolute Gasteiger partial charge is 0.481 e. The number of hydrogen-bond donors (Lipinski definition) is 0. The summed E-state index contributed by atoms with van der Waals surface area (Å²) in [6.45, 7) is 3.03. The first kappa shape index (κ1) is 14.9. The van der Waals surface area contributed by atoms with Gasteiger partial charge in [-0.2, -0.15) is 5.26 Å². The van der Waals surface area contributed by atoms with Crippen molar-refractivity contribution in [3.8, 4) is 11.8 Å². The van der Waals surface area contributed by atoms with Crippen LogP contribution in [-0.4, -0.2) is 42.2 Å². The minimum atomic E-state index is -0.535. The molecule has 116 valence electrons. The Kier molecular flexibility index (Phi) is 4.30. The molecular weight excluding hydrogens is 280 g/mol. The van der Waals surface area contributed by atoms with Crippen LogP contribution in [0.1, 0.15) is 31.7 Å². The Labute approximate surface area is 130 Å². The van der Waals surface area contributed by atoms with Crippen molar-refractivity contribution in [2.75, 3.05) is 13.2 Å². The second-order valence-electron chi connectivity index (χ2n) is 5.84. The smallest absolute Gasteiger partial charge is 0.263 e. The zero-order valence-corrected chi connectivity index (χ0v) is 12.7. The predicted molar refractivity (Wildman–Crippen MR) is 80.3 cm³/mol. The van der Waals surface area contributed by atoms with E-state index in [0.717, 1.165) is 19.3 Å². The number of amides is 1. The third kappa shape index (κ3) is 2.93. The van der Waals surface area contributed by atoms with Gasteiger partial charge in [-0.3, -0.25) is 4.79 Å². The summed E-state index contributed by atoms with van der Waals surface area (Å²) < 4.78 is 11.5. The van der Waals surface area contributed by atoms with Crippen molar-refractivity contribution in [2.45, 2.75) is 44.4 Å². The molecule has 3 atom stereocenters. The molecule has 0 bridgehead atoms. The van der Waals surface area contributed by atoms with Crippen molar-refractivity contribution in [1.29, 1.82) is 5.26 Å².